The van der Waals surface area contributed by atoms with Crippen molar-refractivity contribution >= 4 is 21.9 Å². The molecule has 0 aromatic rings. The third-order valence-electron chi connectivity index (χ3n) is 3.72. The summed E-state index contributed by atoms with van der Waals surface area (Å²) in [6, 6.07) is 0. The first-order valence-electron chi connectivity index (χ1n) is 6.74. The number of carbonyl (C=O) groups is 2. The average molecular weight is 306 g/mol. The Morgan fingerprint density at radius 2 is 1.90 bits per heavy atom. The molecule has 1 amide bonds. The second-order valence-electron chi connectivity index (χ2n) is 5.00. The van der Waals surface area contributed by atoms with Gasteiger partial charge in [0.2, 0.25) is 15.9 Å². The van der Waals surface area contributed by atoms with E-state index in [9.17, 15) is 18.0 Å². The van der Waals surface area contributed by atoms with Gasteiger partial charge in [0.25, 0.3) is 0 Å². The Balaban J connectivity index is 2.25. The summed E-state index contributed by atoms with van der Waals surface area (Å²) in [4.78, 5) is 22.5. The van der Waals surface area contributed by atoms with E-state index in [1.807, 2.05) is 0 Å². The molecule has 0 aromatic heterocycles. The summed E-state index contributed by atoms with van der Waals surface area (Å²) in [5, 5.41) is 11.5. The normalized spacial score (nSPS) is 22.4. The lowest BCUT2D eigenvalue weighted by atomic mass is 9.73. The lowest BCUT2D eigenvalue weighted by Gasteiger charge is -2.31. The van der Waals surface area contributed by atoms with Crippen molar-refractivity contribution in [1.29, 1.82) is 0 Å². The first kappa shape index (κ1) is 16.9. The van der Waals surface area contributed by atoms with Gasteiger partial charge >= 0.3 is 5.97 Å². The van der Waals surface area contributed by atoms with Crippen molar-refractivity contribution in [1.82, 2.24) is 9.62 Å². The molecular formula is C12H22N2O5S. The largest absolute Gasteiger partial charge is 0.481 e. The molecule has 2 N–H and O–H groups in total. The van der Waals surface area contributed by atoms with Gasteiger partial charge in [-0.2, -0.15) is 0 Å². The van der Waals surface area contributed by atoms with Gasteiger partial charge < -0.3 is 10.4 Å². The van der Waals surface area contributed by atoms with Crippen molar-refractivity contribution in [3.63, 3.8) is 0 Å². The van der Waals surface area contributed by atoms with E-state index in [4.69, 9.17) is 5.11 Å². The molecule has 0 heterocycles. The number of carboxylic acid groups (broad SMARTS) is 1. The molecule has 20 heavy (non-hydrogen) atoms. The molecule has 2 unspecified atom stereocenters. The molecule has 0 saturated heterocycles. The maximum atomic E-state index is 11.7. The molecule has 8 heteroatoms. The van der Waals surface area contributed by atoms with Gasteiger partial charge in [0.1, 0.15) is 0 Å². The van der Waals surface area contributed by atoms with E-state index in [1.54, 1.807) is 6.92 Å². The van der Waals surface area contributed by atoms with Gasteiger partial charge in [-0.25, -0.2) is 12.7 Å². The Morgan fingerprint density at radius 1 is 1.30 bits per heavy atom. The number of rotatable bonds is 8. The molecular weight excluding hydrogens is 284 g/mol. The third-order valence-corrected chi connectivity index (χ3v) is 5.58. The van der Waals surface area contributed by atoms with Gasteiger partial charge in [-0.15, -0.1) is 0 Å². The number of carboxylic acids is 1. The van der Waals surface area contributed by atoms with Crippen molar-refractivity contribution in [2.75, 3.05) is 25.9 Å². The summed E-state index contributed by atoms with van der Waals surface area (Å²) in [6.45, 7) is 2.27. The smallest absolute Gasteiger partial charge is 0.307 e. The van der Waals surface area contributed by atoms with Gasteiger partial charge in [0.05, 0.1) is 17.6 Å². The summed E-state index contributed by atoms with van der Waals surface area (Å²) in [7, 11) is -1.68. The summed E-state index contributed by atoms with van der Waals surface area (Å²) in [5.74, 6) is -2.13. The van der Waals surface area contributed by atoms with Crippen LogP contribution in [-0.4, -0.2) is 55.6 Å². The predicted octanol–water partition coefficient (Wildman–Crippen LogP) is -0.115. The highest BCUT2D eigenvalue weighted by Gasteiger charge is 2.41. The monoisotopic (exact) mass is 306 g/mol. The van der Waals surface area contributed by atoms with Crippen LogP contribution >= 0.6 is 0 Å². The van der Waals surface area contributed by atoms with Crippen LogP contribution in [0.1, 0.15) is 26.2 Å². The number of carbonyl (C=O) groups excluding carboxylic acids is 1. The molecule has 1 rings (SSSR count). The lowest BCUT2D eigenvalue weighted by Crippen LogP contribution is -2.44. The van der Waals surface area contributed by atoms with E-state index < -0.39 is 27.8 Å². The lowest BCUT2D eigenvalue weighted by molar-refractivity contribution is -0.152. The number of nitrogens with one attached hydrogen (secondary N) is 1. The standard InChI is InChI=1S/C12H22N2O5S/c1-3-20(18,19)14(2)8-4-7-13-11(15)9-5-6-10(9)12(16)17/h9-10H,3-8H2,1-2H3,(H,13,15)(H,16,17). The fourth-order valence-corrected chi connectivity index (χ4v) is 2.96. The van der Waals surface area contributed by atoms with E-state index in [2.05, 4.69) is 5.32 Å². The van der Waals surface area contributed by atoms with Crippen LogP contribution in [0.15, 0.2) is 0 Å². The van der Waals surface area contributed by atoms with Gasteiger partial charge in [-0.1, -0.05) is 0 Å². The molecule has 1 fully saturated rings. The SMILES string of the molecule is CCS(=O)(=O)N(C)CCCNC(=O)C1CCC1C(=O)O. The van der Waals surface area contributed by atoms with Crippen LogP contribution in [-0.2, 0) is 19.6 Å². The number of aliphatic carboxylic acids is 1. The molecule has 1 aliphatic carbocycles. The molecule has 0 bridgehead atoms. The quantitative estimate of drug-likeness (QED) is 0.609. The molecule has 0 aliphatic heterocycles. The first-order valence-corrected chi connectivity index (χ1v) is 8.35. The zero-order valence-electron chi connectivity index (χ0n) is 11.8. The molecule has 7 nitrogen and oxygen atoms in total. The van der Waals surface area contributed by atoms with E-state index in [0.29, 0.717) is 32.4 Å². The Morgan fingerprint density at radius 3 is 2.35 bits per heavy atom. The maximum absolute atomic E-state index is 11.7. The molecule has 0 aromatic carbocycles. The molecule has 2 atom stereocenters. The molecule has 0 radical (unpaired) electrons. The van der Waals surface area contributed by atoms with Crippen molar-refractivity contribution in [3.05, 3.63) is 0 Å². The van der Waals surface area contributed by atoms with Gasteiger partial charge in [-0.05, 0) is 26.2 Å². The van der Waals surface area contributed by atoms with Crippen molar-refractivity contribution in [2.45, 2.75) is 26.2 Å². The summed E-state index contributed by atoms with van der Waals surface area (Å²) >= 11 is 0. The van der Waals surface area contributed by atoms with Crippen LogP contribution in [0.25, 0.3) is 0 Å². The number of hydrogen-bond donors (Lipinski definition) is 2. The second-order valence-corrected chi connectivity index (χ2v) is 7.36. The van der Waals surface area contributed by atoms with Crippen LogP contribution in [0.5, 0.6) is 0 Å². The number of amides is 1. The maximum Gasteiger partial charge on any atom is 0.307 e. The highest BCUT2D eigenvalue weighted by atomic mass is 32.2. The second kappa shape index (κ2) is 7.03. The van der Waals surface area contributed by atoms with Crippen molar-refractivity contribution < 1.29 is 23.1 Å². The Bertz CT molecular complexity index is 462. The molecule has 116 valence electrons. The van der Waals surface area contributed by atoms with Crippen LogP contribution in [0.2, 0.25) is 0 Å². The van der Waals surface area contributed by atoms with Crippen LogP contribution in [0.4, 0.5) is 0 Å². The van der Waals surface area contributed by atoms with E-state index in [1.165, 1.54) is 11.4 Å². The number of nitrogens with zero attached hydrogens (tertiary/aromatic N) is 1. The topological polar surface area (TPSA) is 104 Å². The predicted molar refractivity (Wildman–Crippen MR) is 73.6 cm³/mol. The van der Waals surface area contributed by atoms with E-state index in [0.717, 1.165) is 0 Å². The number of sulfonamides is 1. The summed E-state index contributed by atoms with van der Waals surface area (Å²) in [6.07, 6.45) is 1.66. The molecule has 1 saturated carbocycles. The Labute approximate surface area is 119 Å². The highest BCUT2D eigenvalue weighted by Crippen LogP contribution is 2.34. The van der Waals surface area contributed by atoms with E-state index >= 15 is 0 Å². The minimum atomic E-state index is -3.19. The third kappa shape index (κ3) is 4.17. The first-order chi connectivity index (χ1) is 9.29. The van der Waals surface area contributed by atoms with Crippen molar-refractivity contribution in [2.24, 2.45) is 11.8 Å². The molecule has 0 spiro atoms. The Hall–Kier alpha value is -1.15. The zero-order valence-corrected chi connectivity index (χ0v) is 12.6. The van der Waals surface area contributed by atoms with Crippen LogP contribution in [0, 0.1) is 11.8 Å². The Kier molecular flexibility index (Phi) is 5.94. The van der Waals surface area contributed by atoms with Gasteiger partial charge in [-0.3, -0.25) is 9.59 Å². The van der Waals surface area contributed by atoms with Gasteiger partial charge in [0, 0.05) is 20.1 Å². The van der Waals surface area contributed by atoms with Gasteiger partial charge in [0.15, 0.2) is 0 Å². The summed E-state index contributed by atoms with van der Waals surface area (Å²) < 4.78 is 24.2. The number of hydrogen-bond acceptors (Lipinski definition) is 4. The fraction of sp³-hybridized carbons (Fsp3) is 0.833. The average Bonchev–Trinajstić information content (AvgIpc) is 2.32. The minimum absolute atomic E-state index is 0.0538. The molecule has 1 aliphatic rings. The van der Waals surface area contributed by atoms with Crippen LogP contribution < -0.4 is 5.32 Å². The summed E-state index contributed by atoms with van der Waals surface area (Å²) in [5.41, 5.74) is 0. The van der Waals surface area contributed by atoms with E-state index in [-0.39, 0.29) is 11.7 Å². The fourth-order valence-electron chi connectivity index (χ4n) is 2.11. The van der Waals surface area contributed by atoms with Crippen molar-refractivity contribution in [3.8, 4) is 0 Å². The van der Waals surface area contributed by atoms with Crippen LogP contribution in [0.3, 0.4) is 0 Å². The zero-order chi connectivity index (χ0) is 15.3. The minimum Gasteiger partial charge on any atom is -0.481 e. The highest BCUT2D eigenvalue weighted by molar-refractivity contribution is 7.89.